The fourth-order valence-corrected chi connectivity index (χ4v) is 0.643. The van der Waals surface area contributed by atoms with Crippen molar-refractivity contribution < 1.29 is 4.63 Å². The smallest absolute Gasteiger partial charge is 0.241 e. The molecule has 0 saturated carbocycles. The van der Waals surface area contributed by atoms with Crippen LogP contribution in [0.3, 0.4) is 0 Å². The Morgan fingerprint density at radius 1 is 1.40 bits per heavy atom. The molecule has 0 bridgehead atoms. The maximum Gasteiger partial charge on any atom is 0.241 e. The van der Waals surface area contributed by atoms with Crippen LogP contribution in [-0.2, 0) is 0 Å². The lowest BCUT2D eigenvalue weighted by Gasteiger charge is -1.86. The van der Waals surface area contributed by atoms with Crippen molar-refractivity contribution in [2.24, 2.45) is 4.99 Å². The van der Waals surface area contributed by atoms with Gasteiger partial charge in [-0.3, -0.25) is 0 Å². The van der Waals surface area contributed by atoms with Gasteiger partial charge in [-0.2, -0.15) is 0 Å². The van der Waals surface area contributed by atoms with E-state index in [2.05, 4.69) is 25.3 Å². The second-order valence-corrected chi connectivity index (χ2v) is 1.72. The molecule has 0 unspecified atom stereocenters. The molecule has 1 aromatic rings. The van der Waals surface area contributed by atoms with Gasteiger partial charge in [-0.05, 0) is 16.4 Å². The number of anilines is 1. The first-order chi connectivity index (χ1) is 4.97. The third kappa shape index (κ3) is 0.680. The molecule has 0 atom stereocenters. The van der Waals surface area contributed by atoms with Gasteiger partial charge in [-0.25, -0.2) is 9.62 Å². The Bertz CT molecular complexity index is 288. The van der Waals surface area contributed by atoms with Crippen LogP contribution in [0.1, 0.15) is 0 Å². The summed E-state index contributed by atoms with van der Waals surface area (Å²) in [6.45, 7) is 0. The van der Waals surface area contributed by atoms with Gasteiger partial charge in [0.15, 0.2) is 0 Å². The van der Waals surface area contributed by atoms with Crippen LogP contribution in [0.4, 0.5) is 11.6 Å². The summed E-state index contributed by atoms with van der Waals surface area (Å²) in [6, 6.07) is 0. The van der Waals surface area contributed by atoms with Crippen LogP contribution in [0, 0.1) is 0 Å². The van der Waals surface area contributed by atoms with Gasteiger partial charge in [0, 0.05) is 12.4 Å². The average Bonchev–Trinajstić information content (AvgIpc) is 2.28. The Labute approximate surface area is 56.4 Å². The minimum absolute atomic E-state index is 0.477. The molecule has 0 aromatic carbocycles. The quantitative estimate of drug-likeness (QED) is 0.570. The van der Waals surface area contributed by atoms with Gasteiger partial charge in [0.1, 0.15) is 0 Å². The maximum atomic E-state index is 4.41. The summed E-state index contributed by atoms with van der Waals surface area (Å²) in [5, 5.41) is 9.92. The van der Waals surface area contributed by atoms with Crippen molar-refractivity contribution in [2.75, 3.05) is 5.32 Å². The van der Waals surface area contributed by atoms with E-state index in [4.69, 9.17) is 0 Å². The largest absolute Gasteiger partial charge is 0.341 e. The molecule has 0 radical (unpaired) electrons. The molecule has 50 valence electrons. The Morgan fingerprint density at radius 3 is 3.40 bits per heavy atom. The molecule has 5 heteroatoms. The van der Waals surface area contributed by atoms with Crippen molar-refractivity contribution in [3.63, 3.8) is 0 Å². The minimum atomic E-state index is 0.477. The molecule has 0 saturated heterocycles. The predicted octanol–water partition coefficient (Wildman–Crippen LogP) is 0.711. The fourth-order valence-electron chi connectivity index (χ4n) is 0.643. The first-order valence-corrected chi connectivity index (χ1v) is 2.75. The van der Waals surface area contributed by atoms with Crippen LogP contribution in [0.2, 0.25) is 0 Å². The number of nitrogens with zero attached hydrogens (tertiary/aromatic N) is 3. The van der Waals surface area contributed by atoms with Gasteiger partial charge in [0.05, 0.1) is 0 Å². The highest BCUT2D eigenvalue weighted by Gasteiger charge is 2.06. The van der Waals surface area contributed by atoms with E-state index in [1.165, 1.54) is 0 Å². The van der Waals surface area contributed by atoms with Crippen LogP contribution < -0.4 is 5.32 Å². The molecule has 2 rings (SSSR count). The van der Waals surface area contributed by atoms with Crippen molar-refractivity contribution >= 4 is 17.9 Å². The van der Waals surface area contributed by atoms with Gasteiger partial charge < -0.3 is 5.32 Å². The van der Waals surface area contributed by atoms with Crippen molar-refractivity contribution in [1.29, 1.82) is 0 Å². The summed E-state index contributed by atoms with van der Waals surface area (Å²) < 4.78 is 4.41. The Kier molecular flexibility index (Phi) is 1.00. The summed E-state index contributed by atoms with van der Waals surface area (Å²) in [7, 11) is 0. The molecule has 1 N–H and O–H groups in total. The van der Waals surface area contributed by atoms with E-state index in [-0.39, 0.29) is 0 Å². The number of hydrogen-bond donors (Lipinski definition) is 1. The Balaban J connectivity index is 2.50. The van der Waals surface area contributed by atoms with Crippen molar-refractivity contribution in [3.05, 3.63) is 12.3 Å². The summed E-state index contributed by atoms with van der Waals surface area (Å²) in [6.07, 6.45) is 5.08. The highest BCUT2D eigenvalue weighted by atomic mass is 16.6. The van der Waals surface area contributed by atoms with Crippen LogP contribution in [-0.4, -0.2) is 16.5 Å². The zero-order valence-electron chi connectivity index (χ0n) is 4.98. The summed E-state index contributed by atoms with van der Waals surface area (Å²) in [4.78, 5) is 3.91. The van der Waals surface area contributed by atoms with E-state index in [0.29, 0.717) is 11.6 Å². The lowest BCUT2D eigenvalue weighted by Crippen LogP contribution is -1.84. The Morgan fingerprint density at radius 2 is 2.40 bits per heavy atom. The number of allylic oxidation sites excluding steroid dienone is 1. The predicted molar refractivity (Wildman–Crippen MR) is 35.2 cm³/mol. The molecule has 1 aliphatic rings. The van der Waals surface area contributed by atoms with Gasteiger partial charge in [-0.1, -0.05) is 0 Å². The number of rotatable bonds is 0. The minimum Gasteiger partial charge on any atom is -0.341 e. The van der Waals surface area contributed by atoms with E-state index in [1.54, 1.807) is 18.5 Å². The van der Waals surface area contributed by atoms with Gasteiger partial charge in [0.25, 0.3) is 0 Å². The topological polar surface area (TPSA) is 63.3 Å². The van der Waals surface area contributed by atoms with Gasteiger partial charge in [0.2, 0.25) is 11.6 Å². The van der Waals surface area contributed by atoms with E-state index in [1.807, 2.05) is 0 Å². The van der Waals surface area contributed by atoms with Crippen LogP contribution in [0.25, 0.3) is 0 Å². The molecule has 5 nitrogen and oxygen atoms in total. The molecule has 0 spiro atoms. The van der Waals surface area contributed by atoms with Crippen molar-refractivity contribution in [2.45, 2.75) is 0 Å². The fraction of sp³-hybridized carbons (Fsp3) is 0. The lowest BCUT2D eigenvalue weighted by atomic mass is 10.6. The highest BCUT2D eigenvalue weighted by Crippen LogP contribution is 2.19. The SMILES string of the molecule is C1=CNc2nonc2N=C1. The molecular weight excluding hydrogens is 132 g/mol. The molecular formula is C5H4N4O. The average molecular weight is 136 g/mol. The molecule has 2 heterocycles. The van der Waals surface area contributed by atoms with E-state index in [0.717, 1.165) is 0 Å². The molecule has 0 aliphatic carbocycles. The first-order valence-electron chi connectivity index (χ1n) is 2.75. The zero-order chi connectivity index (χ0) is 6.81. The normalized spacial score (nSPS) is 14.0. The molecule has 1 aliphatic heterocycles. The van der Waals surface area contributed by atoms with Crippen LogP contribution in [0.5, 0.6) is 0 Å². The summed E-state index contributed by atoms with van der Waals surface area (Å²) in [5.74, 6) is 1.02. The van der Waals surface area contributed by atoms with E-state index < -0.39 is 0 Å². The molecule has 1 aromatic heterocycles. The number of nitrogens with one attached hydrogen (secondary N) is 1. The number of hydrogen-bond acceptors (Lipinski definition) is 5. The standard InChI is InChI=1S/C5H4N4O/c1-2-6-4-5(7-3-1)9-10-8-4/h1-3H,(H,6,8). The molecule has 0 amide bonds. The lowest BCUT2D eigenvalue weighted by molar-refractivity contribution is 0.310. The van der Waals surface area contributed by atoms with E-state index in [9.17, 15) is 0 Å². The van der Waals surface area contributed by atoms with Crippen molar-refractivity contribution in [1.82, 2.24) is 10.3 Å². The van der Waals surface area contributed by atoms with Gasteiger partial charge in [-0.15, -0.1) is 0 Å². The highest BCUT2D eigenvalue weighted by molar-refractivity contribution is 5.78. The molecule has 0 fully saturated rings. The number of aliphatic imine (C=N–C) groups is 1. The maximum absolute atomic E-state index is 4.41. The summed E-state index contributed by atoms with van der Waals surface area (Å²) in [5.41, 5.74) is 0. The number of fused-ring (bicyclic) bond motifs is 1. The summed E-state index contributed by atoms with van der Waals surface area (Å²) >= 11 is 0. The van der Waals surface area contributed by atoms with Crippen molar-refractivity contribution in [3.8, 4) is 0 Å². The monoisotopic (exact) mass is 136 g/mol. The number of aromatic nitrogens is 2. The van der Waals surface area contributed by atoms with Crippen LogP contribution >= 0.6 is 0 Å². The zero-order valence-corrected chi connectivity index (χ0v) is 4.98. The Hall–Kier alpha value is -1.65. The molecule has 10 heavy (non-hydrogen) atoms. The third-order valence-corrected chi connectivity index (χ3v) is 1.07. The van der Waals surface area contributed by atoms with Gasteiger partial charge >= 0.3 is 0 Å². The second kappa shape index (κ2) is 1.94. The van der Waals surface area contributed by atoms with E-state index >= 15 is 0 Å². The van der Waals surface area contributed by atoms with Crippen LogP contribution in [0.15, 0.2) is 21.9 Å². The first kappa shape index (κ1) is 5.16. The second-order valence-electron chi connectivity index (χ2n) is 1.72. The third-order valence-electron chi connectivity index (χ3n) is 1.07.